The lowest BCUT2D eigenvalue weighted by molar-refractivity contribution is -0.160. The number of benzene rings is 1. The van der Waals surface area contributed by atoms with Gasteiger partial charge in [-0.3, -0.25) is 15.2 Å². The van der Waals surface area contributed by atoms with Crippen LogP contribution in [0.25, 0.3) is 0 Å². The number of carbonyl (C=O) groups is 2. The topological polar surface area (TPSA) is 173 Å². The minimum Gasteiger partial charge on any atom is -0.464 e. The molecule has 41 heavy (non-hydrogen) atoms. The van der Waals surface area contributed by atoms with Gasteiger partial charge >= 0.3 is 5.97 Å². The molecule has 3 heterocycles. The molecule has 2 aliphatic rings. The molecule has 1 aromatic heterocycles. The summed E-state index contributed by atoms with van der Waals surface area (Å²) < 4.78 is 34.8. The Hall–Kier alpha value is -3.16. The van der Waals surface area contributed by atoms with Crippen molar-refractivity contribution in [3.05, 3.63) is 70.6 Å². The van der Waals surface area contributed by atoms with E-state index in [1.165, 1.54) is 18.3 Å². The predicted octanol–water partition coefficient (Wildman–Crippen LogP) is 1.56. The second kappa shape index (κ2) is 12.8. The Morgan fingerprint density at radius 2 is 1.95 bits per heavy atom. The zero-order valence-electron chi connectivity index (χ0n) is 23.4. The Bertz CT molecular complexity index is 1480. The monoisotopic (exact) mass is 604 g/mol. The maximum absolute atomic E-state index is 14.2. The zero-order valence-corrected chi connectivity index (χ0v) is 25.1. The summed E-state index contributed by atoms with van der Waals surface area (Å²) in [5.41, 5.74) is 13.2. The number of hydrogen-bond acceptors (Lipinski definition) is 9. The number of ether oxygens (including phenoxy) is 1. The molecule has 0 spiro atoms. The molecule has 222 valence electrons. The number of nitrogens with two attached hydrogens (primary N) is 2. The molecule has 4 rings (SSSR count). The highest BCUT2D eigenvalue weighted by atomic mass is 35.5. The van der Waals surface area contributed by atoms with Gasteiger partial charge in [0.15, 0.2) is 11.3 Å². The Morgan fingerprint density at radius 3 is 2.63 bits per heavy atom. The van der Waals surface area contributed by atoms with E-state index in [9.17, 15) is 18.0 Å². The van der Waals surface area contributed by atoms with Crippen LogP contribution in [-0.4, -0.2) is 78.5 Å². The van der Waals surface area contributed by atoms with E-state index in [-0.39, 0.29) is 54.8 Å². The third-order valence-electron chi connectivity index (χ3n) is 7.45. The average Bonchev–Trinajstić information content (AvgIpc) is 2.92. The normalized spacial score (nSPS) is 20.2. The summed E-state index contributed by atoms with van der Waals surface area (Å²) in [4.78, 5) is 34.0. The minimum atomic E-state index is -4.34. The van der Waals surface area contributed by atoms with Crippen molar-refractivity contribution in [1.82, 2.24) is 14.2 Å². The van der Waals surface area contributed by atoms with Crippen LogP contribution in [0, 0.1) is 5.41 Å². The molecule has 0 bridgehead atoms. The van der Waals surface area contributed by atoms with Crippen LogP contribution in [0.1, 0.15) is 42.7 Å². The van der Waals surface area contributed by atoms with Gasteiger partial charge in [-0.05, 0) is 74.7 Å². The number of halogens is 1. The molecule has 2 aromatic rings. The summed E-state index contributed by atoms with van der Waals surface area (Å²) >= 11 is 0. The first-order valence-corrected chi connectivity index (χ1v) is 14.6. The van der Waals surface area contributed by atoms with E-state index in [4.69, 9.17) is 21.6 Å². The fraction of sp³-hybridized carbons (Fsp3) is 0.429. The Labute approximate surface area is 246 Å². The second-order valence-electron chi connectivity index (χ2n) is 10.4. The molecule has 2 aliphatic heterocycles. The molecule has 13 heteroatoms. The number of nitrogen functional groups attached to an aromatic ring is 1. The molecule has 1 unspecified atom stereocenters. The largest absolute Gasteiger partial charge is 0.464 e. The summed E-state index contributed by atoms with van der Waals surface area (Å²) in [6.07, 6.45) is 3.74. The number of fused-ring (bicyclic) bond motifs is 1. The van der Waals surface area contributed by atoms with E-state index in [1.807, 2.05) is 7.05 Å². The van der Waals surface area contributed by atoms with E-state index >= 15 is 0 Å². The number of pyridine rings is 1. The third kappa shape index (κ3) is 6.36. The number of sulfonamides is 1. The number of rotatable bonds is 9. The van der Waals surface area contributed by atoms with Gasteiger partial charge in [-0.2, -0.15) is 4.31 Å². The predicted molar refractivity (Wildman–Crippen MR) is 157 cm³/mol. The molecular formula is C28H37ClN6O5S. The van der Waals surface area contributed by atoms with E-state index in [0.717, 1.165) is 28.4 Å². The van der Waals surface area contributed by atoms with E-state index in [2.05, 4.69) is 9.88 Å². The number of Topliss-reactive ketones (excluding diaryl/α,β-unsaturated/α-hetero) is 1. The number of aromatic nitrogens is 1. The van der Waals surface area contributed by atoms with Gasteiger partial charge in [0.05, 0.1) is 17.5 Å². The van der Waals surface area contributed by atoms with Crippen molar-refractivity contribution in [3.8, 4) is 0 Å². The standard InChI is InChI=1S/C28H36N6O5S.ClH/c1-4-39-27(36)28(25(35)23(29)13-19-7-10-32-24(14-19)26(30)31)16-18(2)8-12-34(28)40(37,38)22-6-5-20-9-11-33(3)17-21(20)15-22;/h5-8,10,14-15,23H,4,9,11-13,16-17,29H2,1-3H3,(H3,30,31);1H/t23?,28-;/m1./s1. The van der Waals surface area contributed by atoms with Gasteiger partial charge in [-0.15, -0.1) is 12.4 Å². The summed E-state index contributed by atoms with van der Waals surface area (Å²) in [5, 5.41) is 7.63. The van der Waals surface area contributed by atoms with Gasteiger partial charge in [0.2, 0.25) is 10.0 Å². The molecule has 11 nitrogen and oxygen atoms in total. The number of hydrogen-bond donors (Lipinski definition) is 3. The molecule has 0 saturated carbocycles. The van der Waals surface area contributed by atoms with Crippen molar-refractivity contribution < 1.29 is 22.7 Å². The number of nitrogens with one attached hydrogen (secondary N) is 1. The molecule has 0 amide bonds. The van der Waals surface area contributed by atoms with Crippen molar-refractivity contribution in [1.29, 1.82) is 5.41 Å². The number of ketones is 1. The first kappa shape index (κ1) is 32.4. The zero-order chi connectivity index (χ0) is 29.2. The van der Waals surface area contributed by atoms with Crippen molar-refractivity contribution >= 4 is 40.0 Å². The van der Waals surface area contributed by atoms with Crippen molar-refractivity contribution in [2.75, 3.05) is 26.7 Å². The lowest BCUT2D eigenvalue weighted by atomic mass is 9.80. The molecule has 1 aromatic carbocycles. The highest BCUT2D eigenvalue weighted by Crippen LogP contribution is 2.37. The minimum absolute atomic E-state index is 0. The molecule has 0 saturated heterocycles. The molecule has 2 atom stereocenters. The van der Waals surface area contributed by atoms with Gasteiger partial charge < -0.3 is 21.1 Å². The van der Waals surface area contributed by atoms with Gasteiger partial charge in [-0.25, -0.2) is 13.2 Å². The maximum atomic E-state index is 14.2. The molecule has 0 radical (unpaired) electrons. The fourth-order valence-corrected chi connectivity index (χ4v) is 7.06. The first-order valence-electron chi connectivity index (χ1n) is 13.2. The van der Waals surface area contributed by atoms with Crippen LogP contribution in [0.3, 0.4) is 0 Å². The van der Waals surface area contributed by atoms with Gasteiger partial charge in [0.1, 0.15) is 11.5 Å². The quantitative estimate of drug-likeness (QED) is 0.126. The van der Waals surface area contributed by atoms with Crippen LogP contribution in [0.5, 0.6) is 0 Å². The van der Waals surface area contributed by atoms with Crippen molar-refractivity contribution in [3.63, 3.8) is 0 Å². The molecular weight excluding hydrogens is 568 g/mol. The SMILES string of the molecule is CCOC(=O)[C@]1(C(=O)C(N)Cc2ccnc(C(=N)N)c2)CC(C)=CCN1S(=O)(=O)c1ccc2c(c1)CN(C)CC2.Cl. The summed E-state index contributed by atoms with van der Waals surface area (Å²) in [6, 6.07) is 6.87. The number of carbonyl (C=O) groups excluding carboxylic acids is 2. The molecule has 0 fully saturated rings. The van der Waals surface area contributed by atoms with Crippen LogP contribution in [0.4, 0.5) is 0 Å². The number of esters is 1. The first-order chi connectivity index (χ1) is 18.9. The van der Waals surface area contributed by atoms with Gasteiger partial charge in [0.25, 0.3) is 0 Å². The molecule has 5 N–H and O–H groups in total. The van der Waals surface area contributed by atoms with Crippen LogP contribution in [0.15, 0.2) is 53.1 Å². The van der Waals surface area contributed by atoms with E-state index in [1.54, 1.807) is 38.1 Å². The number of likely N-dealkylation sites (N-methyl/N-ethyl adjacent to an activating group) is 1. The number of amidine groups is 1. The summed E-state index contributed by atoms with van der Waals surface area (Å²) in [6.45, 7) is 4.58. The Morgan fingerprint density at radius 1 is 1.22 bits per heavy atom. The third-order valence-corrected chi connectivity index (χ3v) is 9.34. The van der Waals surface area contributed by atoms with Gasteiger partial charge in [0, 0.05) is 32.3 Å². The smallest absolute Gasteiger partial charge is 0.335 e. The van der Waals surface area contributed by atoms with E-state index in [0.29, 0.717) is 17.7 Å². The maximum Gasteiger partial charge on any atom is 0.335 e. The highest BCUT2D eigenvalue weighted by molar-refractivity contribution is 7.89. The number of nitrogens with zero attached hydrogens (tertiary/aromatic N) is 3. The van der Waals surface area contributed by atoms with Crippen LogP contribution in [-0.2, 0) is 43.7 Å². The highest BCUT2D eigenvalue weighted by Gasteiger charge is 2.58. The van der Waals surface area contributed by atoms with E-state index < -0.39 is 33.4 Å². The van der Waals surface area contributed by atoms with Crippen LogP contribution >= 0.6 is 12.4 Å². The summed E-state index contributed by atoms with van der Waals surface area (Å²) in [7, 11) is -2.37. The molecule has 0 aliphatic carbocycles. The Balaban J connectivity index is 0.00000462. The van der Waals surface area contributed by atoms with Crippen molar-refractivity contribution in [2.45, 2.75) is 56.1 Å². The second-order valence-corrected chi connectivity index (χ2v) is 12.3. The lowest BCUT2D eigenvalue weighted by Gasteiger charge is -2.43. The van der Waals surface area contributed by atoms with Crippen LogP contribution in [0.2, 0.25) is 0 Å². The fourth-order valence-electron chi connectivity index (χ4n) is 5.36. The van der Waals surface area contributed by atoms with Gasteiger partial charge in [-0.1, -0.05) is 17.7 Å². The van der Waals surface area contributed by atoms with Crippen LogP contribution < -0.4 is 11.5 Å². The average molecular weight is 605 g/mol. The summed E-state index contributed by atoms with van der Waals surface area (Å²) in [5.74, 6) is -1.96. The lowest BCUT2D eigenvalue weighted by Crippen LogP contribution is -2.67. The van der Waals surface area contributed by atoms with Crippen molar-refractivity contribution in [2.24, 2.45) is 11.5 Å². The Kier molecular flexibility index (Phi) is 10.1.